The molecule has 27 heavy (non-hydrogen) atoms. The Morgan fingerprint density at radius 1 is 1.19 bits per heavy atom. The second kappa shape index (κ2) is 7.20. The van der Waals surface area contributed by atoms with Crippen LogP contribution in [0.2, 0.25) is 5.02 Å². The van der Waals surface area contributed by atoms with Gasteiger partial charge in [-0.05, 0) is 35.9 Å². The van der Waals surface area contributed by atoms with Crippen molar-refractivity contribution < 1.29 is 4.42 Å². The first-order chi connectivity index (χ1) is 13.1. The van der Waals surface area contributed by atoms with E-state index in [-0.39, 0.29) is 0 Å². The Labute approximate surface area is 163 Å². The number of nitrogens with zero attached hydrogens (tertiary/aromatic N) is 2. The average Bonchev–Trinajstić information content (AvgIpc) is 3.16. The number of benzene rings is 2. The molecule has 0 aliphatic heterocycles. The largest absolute Gasteiger partial charge is 0.422 e. The number of hydrogen-bond acceptors (Lipinski definition) is 5. The maximum absolute atomic E-state index is 12.3. The molecule has 0 bridgehead atoms. The average molecular weight is 391 g/mol. The van der Waals surface area contributed by atoms with Crippen molar-refractivity contribution in [1.82, 2.24) is 4.98 Å². The van der Waals surface area contributed by atoms with Crippen LogP contribution in [0.15, 0.2) is 69.2 Å². The van der Waals surface area contributed by atoms with E-state index in [0.717, 1.165) is 10.9 Å². The summed E-state index contributed by atoms with van der Waals surface area (Å²) in [6.45, 7) is 0. The zero-order valence-electron chi connectivity index (χ0n) is 13.8. The smallest absolute Gasteiger partial charge is 0.345 e. The predicted molar refractivity (Wildman–Crippen MR) is 109 cm³/mol. The van der Waals surface area contributed by atoms with E-state index in [1.807, 2.05) is 30.3 Å². The van der Waals surface area contributed by atoms with Gasteiger partial charge in [-0.25, -0.2) is 9.78 Å². The van der Waals surface area contributed by atoms with Crippen LogP contribution in [0.25, 0.3) is 33.9 Å². The Morgan fingerprint density at radius 3 is 2.74 bits per heavy atom. The number of fused-ring (bicyclic) bond motifs is 1. The molecule has 2 aromatic carbocycles. The van der Waals surface area contributed by atoms with Crippen molar-refractivity contribution in [1.29, 1.82) is 5.26 Å². The molecule has 0 N–H and O–H groups in total. The molecule has 0 aliphatic carbocycles. The van der Waals surface area contributed by atoms with E-state index in [0.29, 0.717) is 32.4 Å². The number of aromatic nitrogens is 1. The summed E-state index contributed by atoms with van der Waals surface area (Å²) in [7, 11) is 0. The maximum Gasteiger partial charge on any atom is 0.345 e. The summed E-state index contributed by atoms with van der Waals surface area (Å²) in [4.78, 5) is 16.8. The van der Waals surface area contributed by atoms with Gasteiger partial charge >= 0.3 is 5.63 Å². The Morgan fingerprint density at radius 2 is 1.96 bits per heavy atom. The maximum atomic E-state index is 12.3. The van der Waals surface area contributed by atoms with Gasteiger partial charge in [0.2, 0.25) is 0 Å². The Balaban J connectivity index is 1.75. The highest BCUT2D eigenvalue weighted by Crippen LogP contribution is 2.27. The van der Waals surface area contributed by atoms with Crippen molar-refractivity contribution in [3.05, 3.63) is 86.0 Å². The third-order valence-corrected chi connectivity index (χ3v) is 5.08. The fraction of sp³-hybridized carbons (Fsp3) is 0. The van der Waals surface area contributed by atoms with E-state index < -0.39 is 5.63 Å². The van der Waals surface area contributed by atoms with Crippen molar-refractivity contribution in [3.63, 3.8) is 0 Å². The fourth-order valence-electron chi connectivity index (χ4n) is 2.63. The summed E-state index contributed by atoms with van der Waals surface area (Å²) < 4.78 is 5.37. The van der Waals surface area contributed by atoms with Crippen LogP contribution in [-0.4, -0.2) is 4.98 Å². The highest BCUT2D eigenvalue weighted by Gasteiger charge is 2.13. The van der Waals surface area contributed by atoms with Crippen LogP contribution in [0.4, 0.5) is 0 Å². The molecular weight excluding hydrogens is 380 g/mol. The number of thiazole rings is 1. The lowest BCUT2D eigenvalue weighted by molar-refractivity contribution is 0.563. The van der Waals surface area contributed by atoms with E-state index in [9.17, 15) is 10.1 Å². The third-order valence-electron chi connectivity index (χ3n) is 3.95. The first kappa shape index (κ1) is 17.2. The van der Waals surface area contributed by atoms with E-state index in [1.165, 1.54) is 11.3 Å². The lowest BCUT2D eigenvalue weighted by atomic mass is 10.1. The monoisotopic (exact) mass is 390 g/mol. The van der Waals surface area contributed by atoms with Crippen LogP contribution in [0, 0.1) is 11.3 Å². The molecule has 0 unspecified atom stereocenters. The van der Waals surface area contributed by atoms with Crippen molar-refractivity contribution in [2.75, 3.05) is 0 Å². The number of halogens is 1. The SMILES string of the molecule is N#CC(=Cc1ccc(Cl)cc1)c1nc(-c2cc3ccccc3oc2=O)cs1. The molecule has 4 rings (SSSR count). The summed E-state index contributed by atoms with van der Waals surface area (Å²) in [5.74, 6) is 0. The Hall–Kier alpha value is -3.20. The highest BCUT2D eigenvalue weighted by atomic mass is 35.5. The molecule has 0 radical (unpaired) electrons. The van der Waals surface area contributed by atoms with Crippen molar-refractivity contribution >= 4 is 45.6 Å². The summed E-state index contributed by atoms with van der Waals surface area (Å²) in [6, 6.07) is 18.4. The van der Waals surface area contributed by atoms with Crippen molar-refractivity contribution in [2.45, 2.75) is 0 Å². The molecule has 4 aromatic rings. The third kappa shape index (κ3) is 3.54. The topological polar surface area (TPSA) is 66.9 Å². The number of rotatable bonds is 3. The molecule has 0 atom stereocenters. The second-order valence-electron chi connectivity index (χ2n) is 5.74. The molecule has 0 aliphatic rings. The highest BCUT2D eigenvalue weighted by molar-refractivity contribution is 7.11. The molecular formula is C21H11ClN2O2S. The molecule has 0 saturated heterocycles. The summed E-state index contributed by atoms with van der Waals surface area (Å²) in [5.41, 5.74) is 2.20. The lowest BCUT2D eigenvalue weighted by Crippen LogP contribution is -2.02. The van der Waals surface area contributed by atoms with Gasteiger partial charge < -0.3 is 4.42 Å². The van der Waals surface area contributed by atoms with Crippen molar-refractivity contribution in [2.24, 2.45) is 0 Å². The molecule has 2 heterocycles. The molecule has 2 aromatic heterocycles. The molecule has 4 nitrogen and oxygen atoms in total. The Bertz CT molecular complexity index is 1260. The first-order valence-corrected chi connectivity index (χ1v) is 9.26. The first-order valence-electron chi connectivity index (χ1n) is 8.00. The summed E-state index contributed by atoms with van der Waals surface area (Å²) >= 11 is 7.20. The van der Waals surface area contributed by atoms with Gasteiger partial charge in [-0.3, -0.25) is 0 Å². The zero-order valence-corrected chi connectivity index (χ0v) is 15.4. The molecule has 0 fully saturated rings. The van der Waals surface area contributed by atoms with Crippen LogP contribution in [-0.2, 0) is 0 Å². The molecule has 0 spiro atoms. The van der Waals surface area contributed by atoms with Gasteiger partial charge in [0.05, 0.1) is 16.8 Å². The van der Waals surface area contributed by atoms with E-state index >= 15 is 0 Å². The van der Waals surface area contributed by atoms with Gasteiger partial charge in [0.15, 0.2) is 0 Å². The van der Waals surface area contributed by atoms with Gasteiger partial charge in [-0.15, -0.1) is 11.3 Å². The van der Waals surface area contributed by atoms with Gasteiger partial charge in [-0.2, -0.15) is 5.26 Å². The fourth-order valence-corrected chi connectivity index (χ4v) is 3.54. The molecule has 0 saturated carbocycles. The minimum atomic E-state index is -0.453. The van der Waals surface area contributed by atoms with Crippen LogP contribution in [0.3, 0.4) is 0 Å². The minimum absolute atomic E-state index is 0.375. The number of para-hydroxylation sites is 1. The van der Waals surface area contributed by atoms with E-state index in [2.05, 4.69) is 11.1 Å². The van der Waals surface area contributed by atoms with Crippen LogP contribution < -0.4 is 5.63 Å². The van der Waals surface area contributed by atoms with E-state index in [1.54, 1.807) is 35.7 Å². The number of hydrogen-bond donors (Lipinski definition) is 0. The lowest BCUT2D eigenvalue weighted by Gasteiger charge is -1.99. The van der Waals surface area contributed by atoms with Gasteiger partial charge in [0.1, 0.15) is 16.7 Å². The van der Waals surface area contributed by atoms with E-state index in [4.69, 9.17) is 16.0 Å². The van der Waals surface area contributed by atoms with Gasteiger partial charge in [0, 0.05) is 15.8 Å². The van der Waals surface area contributed by atoms with Crippen LogP contribution in [0.1, 0.15) is 10.6 Å². The molecule has 130 valence electrons. The summed E-state index contributed by atoms with van der Waals surface area (Å²) in [5, 5.41) is 13.3. The van der Waals surface area contributed by atoms with Crippen molar-refractivity contribution in [3.8, 4) is 17.3 Å². The molecule has 0 amide bonds. The van der Waals surface area contributed by atoms with Gasteiger partial charge in [-0.1, -0.05) is 41.9 Å². The minimum Gasteiger partial charge on any atom is -0.422 e. The second-order valence-corrected chi connectivity index (χ2v) is 7.04. The summed E-state index contributed by atoms with van der Waals surface area (Å²) in [6.07, 6.45) is 1.74. The molecule has 6 heteroatoms. The zero-order chi connectivity index (χ0) is 18.8. The van der Waals surface area contributed by atoms with Crippen LogP contribution in [0.5, 0.6) is 0 Å². The standard InChI is InChI=1S/C21H11ClN2O2S/c22-16-7-5-13(6-8-16)9-15(11-23)20-24-18(12-27-20)17-10-14-3-1-2-4-19(14)26-21(17)25/h1-10,12H. The van der Waals surface area contributed by atoms with Gasteiger partial charge in [0.25, 0.3) is 0 Å². The number of nitriles is 1. The quantitative estimate of drug-likeness (QED) is 0.335. The van der Waals surface area contributed by atoms with Crippen LogP contribution >= 0.6 is 22.9 Å². The predicted octanol–water partition coefficient (Wildman–Crippen LogP) is 5.63. The Kier molecular flexibility index (Phi) is 4.59. The normalized spacial score (nSPS) is 11.5. The number of allylic oxidation sites excluding steroid dienone is 1.